The third kappa shape index (κ3) is 3.63. The first-order valence-corrected chi connectivity index (χ1v) is 9.04. The molecule has 6 heteroatoms. The van der Waals surface area contributed by atoms with E-state index in [4.69, 9.17) is 21.7 Å². The standard InChI is InChI=1S/C19H24N2O3S/c1-11-7-6-10-14(11)24-18(22)16-12(2)20-19(25)21-17(16)13-8-4-5-9-15(13)23-3/h4-5,8-9,11,14,17H,6-7,10H2,1-3H3,(H2,20,21,25)/t11-,14-,17-/m1/s1. The summed E-state index contributed by atoms with van der Waals surface area (Å²) < 4.78 is 11.3. The van der Waals surface area contributed by atoms with Gasteiger partial charge in [-0.25, -0.2) is 4.79 Å². The molecule has 1 fully saturated rings. The molecule has 0 aromatic heterocycles. The largest absolute Gasteiger partial charge is 0.496 e. The molecule has 0 bridgehead atoms. The number of allylic oxidation sites excluding steroid dienone is 1. The number of ether oxygens (including phenoxy) is 2. The first-order chi connectivity index (χ1) is 12.0. The molecule has 2 N–H and O–H groups in total. The molecule has 5 nitrogen and oxygen atoms in total. The molecule has 0 unspecified atom stereocenters. The van der Waals surface area contributed by atoms with Crippen LogP contribution < -0.4 is 15.4 Å². The Morgan fingerprint density at radius 1 is 1.28 bits per heavy atom. The highest BCUT2D eigenvalue weighted by molar-refractivity contribution is 7.80. The zero-order valence-electron chi connectivity index (χ0n) is 14.8. The Kier molecular flexibility index (Phi) is 5.27. The van der Waals surface area contributed by atoms with Crippen molar-refractivity contribution in [1.82, 2.24) is 10.6 Å². The van der Waals surface area contributed by atoms with Gasteiger partial charge >= 0.3 is 5.97 Å². The maximum absolute atomic E-state index is 13.0. The summed E-state index contributed by atoms with van der Waals surface area (Å²) in [5.41, 5.74) is 2.13. The van der Waals surface area contributed by atoms with Crippen LogP contribution in [0.1, 0.15) is 44.7 Å². The third-order valence-corrected chi connectivity index (χ3v) is 5.20. The van der Waals surface area contributed by atoms with Crippen LogP contribution in [-0.2, 0) is 9.53 Å². The van der Waals surface area contributed by atoms with Crippen LogP contribution in [0.3, 0.4) is 0 Å². The highest BCUT2D eigenvalue weighted by Gasteiger charge is 2.35. The smallest absolute Gasteiger partial charge is 0.338 e. The molecule has 1 aliphatic carbocycles. The molecule has 0 amide bonds. The second-order valence-electron chi connectivity index (χ2n) is 6.66. The maximum atomic E-state index is 13.0. The van der Waals surface area contributed by atoms with Crippen molar-refractivity contribution in [3.8, 4) is 5.75 Å². The number of nitrogens with one attached hydrogen (secondary N) is 2. The zero-order chi connectivity index (χ0) is 18.0. The van der Waals surface area contributed by atoms with Crippen molar-refractivity contribution in [1.29, 1.82) is 0 Å². The van der Waals surface area contributed by atoms with Crippen LogP contribution in [-0.4, -0.2) is 24.3 Å². The number of carbonyl (C=O) groups is 1. The molecular formula is C19H24N2O3S. The van der Waals surface area contributed by atoms with Crippen molar-refractivity contribution < 1.29 is 14.3 Å². The molecule has 3 atom stereocenters. The quantitative estimate of drug-likeness (QED) is 0.635. The summed E-state index contributed by atoms with van der Waals surface area (Å²) in [6.07, 6.45) is 3.12. The number of para-hydroxylation sites is 1. The highest BCUT2D eigenvalue weighted by atomic mass is 32.1. The average Bonchev–Trinajstić information content (AvgIpc) is 2.98. The van der Waals surface area contributed by atoms with Crippen LogP contribution in [0.5, 0.6) is 5.75 Å². The molecule has 0 spiro atoms. The van der Waals surface area contributed by atoms with Gasteiger partial charge in [0.05, 0.1) is 18.7 Å². The fourth-order valence-electron chi connectivity index (χ4n) is 3.59. The molecule has 134 valence electrons. The summed E-state index contributed by atoms with van der Waals surface area (Å²) in [5, 5.41) is 6.71. The van der Waals surface area contributed by atoms with E-state index in [1.807, 2.05) is 31.2 Å². The van der Waals surface area contributed by atoms with Gasteiger partial charge in [0.2, 0.25) is 0 Å². The molecule has 3 rings (SSSR count). The van der Waals surface area contributed by atoms with Gasteiger partial charge in [0.15, 0.2) is 5.11 Å². The molecule has 0 saturated heterocycles. The zero-order valence-corrected chi connectivity index (χ0v) is 15.6. The van der Waals surface area contributed by atoms with Gasteiger partial charge < -0.3 is 20.1 Å². The number of thiocarbonyl (C=S) groups is 1. The Morgan fingerprint density at radius 2 is 2.04 bits per heavy atom. The van der Waals surface area contributed by atoms with E-state index in [1.165, 1.54) is 0 Å². The number of hydrogen-bond acceptors (Lipinski definition) is 4. The summed E-state index contributed by atoms with van der Waals surface area (Å²) in [7, 11) is 1.62. The lowest BCUT2D eigenvalue weighted by atomic mass is 9.94. The Hall–Kier alpha value is -2.08. The topological polar surface area (TPSA) is 59.6 Å². The van der Waals surface area contributed by atoms with Gasteiger partial charge in [0, 0.05) is 11.3 Å². The van der Waals surface area contributed by atoms with Crippen LogP contribution in [0.2, 0.25) is 0 Å². The second kappa shape index (κ2) is 7.44. The molecule has 0 radical (unpaired) electrons. The van der Waals surface area contributed by atoms with E-state index in [1.54, 1.807) is 7.11 Å². The van der Waals surface area contributed by atoms with Crippen molar-refractivity contribution >= 4 is 23.3 Å². The normalized spacial score (nSPS) is 26.0. The van der Waals surface area contributed by atoms with Gasteiger partial charge in [-0.3, -0.25) is 0 Å². The lowest BCUT2D eigenvalue weighted by molar-refractivity contribution is -0.146. The maximum Gasteiger partial charge on any atom is 0.338 e. The first kappa shape index (κ1) is 17.7. The minimum atomic E-state index is -0.394. The van der Waals surface area contributed by atoms with E-state index in [-0.39, 0.29) is 12.1 Å². The third-order valence-electron chi connectivity index (χ3n) is 4.98. The van der Waals surface area contributed by atoms with Crippen molar-refractivity contribution in [2.45, 2.75) is 45.3 Å². The summed E-state index contributed by atoms with van der Waals surface area (Å²) in [6, 6.07) is 7.23. The van der Waals surface area contributed by atoms with Gasteiger partial charge in [-0.15, -0.1) is 0 Å². The van der Waals surface area contributed by atoms with Gasteiger partial charge in [-0.2, -0.15) is 0 Å². The molecule has 1 aliphatic heterocycles. The Balaban J connectivity index is 1.93. The molecule has 1 aromatic carbocycles. The van der Waals surface area contributed by atoms with Gasteiger partial charge in [-0.05, 0) is 50.4 Å². The van der Waals surface area contributed by atoms with E-state index >= 15 is 0 Å². The Labute approximate surface area is 153 Å². The predicted molar refractivity (Wildman–Crippen MR) is 100 cm³/mol. The lowest BCUT2D eigenvalue weighted by Gasteiger charge is -2.31. The first-order valence-electron chi connectivity index (χ1n) is 8.63. The number of rotatable bonds is 4. The van der Waals surface area contributed by atoms with E-state index in [0.29, 0.717) is 22.4 Å². The van der Waals surface area contributed by atoms with Gasteiger partial charge in [0.1, 0.15) is 11.9 Å². The van der Waals surface area contributed by atoms with Gasteiger partial charge in [-0.1, -0.05) is 25.1 Å². The van der Waals surface area contributed by atoms with Crippen LogP contribution in [0.4, 0.5) is 0 Å². The van der Waals surface area contributed by atoms with Crippen molar-refractivity contribution in [3.63, 3.8) is 0 Å². The lowest BCUT2D eigenvalue weighted by Crippen LogP contribution is -2.45. The van der Waals surface area contributed by atoms with E-state index in [9.17, 15) is 4.79 Å². The van der Waals surface area contributed by atoms with Crippen LogP contribution in [0.15, 0.2) is 35.5 Å². The fourth-order valence-corrected chi connectivity index (χ4v) is 3.86. The molecular weight excluding hydrogens is 336 g/mol. The van der Waals surface area contributed by atoms with E-state index in [2.05, 4.69) is 17.6 Å². The summed E-state index contributed by atoms with van der Waals surface area (Å²) in [6.45, 7) is 3.99. The van der Waals surface area contributed by atoms with Gasteiger partial charge in [0.25, 0.3) is 0 Å². The minimum absolute atomic E-state index is 0.0139. The van der Waals surface area contributed by atoms with Crippen molar-refractivity contribution in [2.75, 3.05) is 7.11 Å². The van der Waals surface area contributed by atoms with Crippen molar-refractivity contribution in [3.05, 3.63) is 41.1 Å². The molecule has 1 aromatic rings. The van der Waals surface area contributed by atoms with Crippen LogP contribution in [0, 0.1) is 5.92 Å². The summed E-state index contributed by atoms with van der Waals surface area (Å²) >= 11 is 5.29. The monoisotopic (exact) mass is 360 g/mol. The summed E-state index contributed by atoms with van der Waals surface area (Å²) in [4.78, 5) is 13.0. The molecule has 1 saturated carbocycles. The number of hydrogen-bond donors (Lipinski definition) is 2. The average molecular weight is 360 g/mol. The number of benzene rings is 1. The number of esters is 1. The molecule has 25 heavy (non-hydrogen) atoms. The van der Waals surface area contributed by atoms with Crippen molar-refractivity contribution in [2.24, 2.45) is 5.92 Å². The number of carbonyl (C=O) groups excluding carboxylic acids is 1. The van der Waals surface area contributed by atoms with Crippen LogP contribution in [0.25, 0.3) is 0 Å². The minimum Gasteiger partial charge on any atom is -0.496 e. The predicted octanol–water partition coefficient (Wildman–Crippen LogP) is 3.22. The van der Waals surface area contributed by atoms with E-state index < -0.39 is 6.04 Å². The molecule has 2 aliphatic rings. The SMILES string of the molecule is COc1ccccc1[C@H]1NC(=S)NC(C)=C1C(=O)O[C@@H]1CCC[C@H]1C. The van der Waals surface area contributed by atoms with E-state index in [0.717, 1.165) is 30.5 Å². The second-order valence-corrected chi connectivity index (χ2v) is 7.07. The summed E-state index contributed by atoms with van der Waals surface area (Å²) in [5.74, 6) is 0.812. The Morgan fingerprint density at radius 3 is 2.72 bits per heavy atom. The Bertz CT molecular complexity index is 716. The van der Waals surface area contributed by atoms with Crippen LogP contribution >= 0.6 is 12.2 Å². The highest BCUT2D eigenvalue weighted by Crippen LogP contribution is 2.35. The number of methoxy groups -OCH3 is 1. The fraction of sp³-hybridized carbons (Fsp3) is 0.474. The molecule has 1 heterocycles.